The molecule has 6 rings (SSSR count). The van der Waals surface area contributed by atoms with Crippen LogP contribution in [0.4, 0.5) is 0 Å². The SMILES string of the molecule is Cc1ccc2[nH]c3c(c2c1)C1CCCCC1NC3Cc1cccc2ccccc12. The normalized spacial score (nSPS) is 23.8. The molecular weight excluding hydrogens is 352 g/mol. The summed E-state index contributed by atoms with van der Waals surface area (Å²) in [6, 6.07) is 23.4. The van der Waals surface area contributed by atoms with Crippen molar-refractivity contribution in [3.63, 3.8) is 0 Å². The van der Waals surface area contributed by atoms with Gasteiger partial charge in [0, 0.05) is 28.6 Å². The summed E-state index contributed by atoms with van der Waals surface area (Å²) in [6.45, 7) is 2.21. The second kappa shape index (κ2) is 6.74. The Bertz CT molecular complexity index is 1200. The van der Waals surface area contributed by atoms with Crippen LogP contribution in [0.2, 0.25) is 0 Å². The van der Waals surface area contributed by atoms with Crippen molar-refractivity contribution in [2.24, 2.45) is 0 Å². The van der Waals surface area contributed by atoms with E-state index in [-0.39, 0.29) is 0 Å². The zero-order valence-electron chi connectivity index (χ0n) is 17.0. The van der Waals surface area contributed by atoms with Crippen LogP contribution in [0, 0.1) is 6.92 Å². The van der Waals surface area contributed by atoms with Crippen LogP contribution in [-0.2, 0) is 6.42 Å². The number of rotatable bonds is 2. The molecule has 1 aromatic heterocycles. The van der Waals surface area contributed by atoms with E-state index < -0.39 is 0 Å². The Labute approximate surface area is 172 Å². The largest absolute Gasteiger partial charge is 0.357 e. The fourth-order valence-corrected chi connectivity index (χ4v) is 5.89. The number of aryl methyl sites for hydroxylation is 1. The Morgan fingerprint density at radius 2 is 1.76 bits per heavy atom. The van der Waals surface area contributed by atoms with Gasteiger partial charge < -0.3 is 10.3 Å². The molecule has 2 N–H and O–H groups in total. The van der Waals surface area contributed by atoms with Crippen LogP contribution in [0.25, 0.3) is 21.7 Å². The average molecular weight is 381 g/mol. The predicted octanol–water partition coefficient (Wildman–Crippen LogP) is 6.54. The fraction of sp³-hybridized carbons (Fsp3) is 0.333. The van der Waals surface area contributed by atoms with Crippen molar-refractivity contribution in [3.8, 4) is 0 Å². The molecule has 1 aliphatic heterocycles. The highest BCUT2D eigenvalue weighted by molar-refractivity contribution is 5.87. The average Bonchev–Trinajstić information content (AvgIpc) is 3.13. The van der Waals surface area contributed by atoms with Gasteiger partial charge in [0.1, 0.15) is 0 Å². The van der Waals surface area contributed by atoms with E-state index in [1.807, 2.05) is 0 Å². The lowest BCUT2D eigenvalue weighted by Crippen LogP contribution is -2.44. The smallest absolute Gasteiger partial charge is 0.0519 e. The van der Waals surface area contributed by atoms with Gasteiger partial charge in [-0.25, -0.2) is 0 Å². The van der Waals surface area contributed by atoms with Gasteiger partial charge in [0.2, 0.25) is 0 Å². The van der Waals surface area contributed by atoms with Crippen molar-refractivity contribution in [3.05, 3.63) is 83.0 Å². The molecule has 3 atom stereocenters. The molecule has 146 valence electrons. The third kappa shape index (κ3) is 2.81. The second-order valence-electron chi connectivity index (χ2n) is 9.06. The molecule has 0 radical (unpaired) electrons. The van der Waals surface area contributed by atoms with E-state index in [1.165, 1.54) is 64.2 Å². The Hall–Kier alpha value is -2.58. The summed E-state index contributed by atoms with van der Waals surface area (Å²) in [6.07, 6.45) is 6.35. The first kappa shape index (κ1) is 17.3. The first-order valence-electron chi connectivity index (χ1n) is 11.1. The lowest BCUT2D eigenvalue weighted by Gasteiger charge is -2.41. The minimum atomic E-state index is 0.350. The molecule has 0 bridgehead atoms. The number of H-pyrrole nitrogens is 1. The number of fused-ring (bicyclic) bond motifs is 6. The van der Waals surface area contributed by atoms with E-state index in [2.05, 4.69) is 77.9 Å². The highest BCUT2D eigenvalue weighted by Gasteiger charge is 2.38. The Morgan fingerprint density at radius 1 is 0.897 bits per heavy atom. The van der Waals surface area contributed by atoms with Gasteiger partial charge in [-0.05, 0) is 60.2 Å². The van der Waals surface area contributed by atoms with Crippen LogP contribution in [0.5, 0.6) is 0 Å². The molecule has 2 heterocycles. The van der Waals surface area contributed by atoms with Gasteiger partial charge in [0.05, 0.1) is 6.04 Å². The highest BCUT2D eigenvalue weighted by Crippen LogP contribution is 2.45. The first-order valence-corrected chi connectivity index (χ1v) is 11.1. The van der Waals surface area contributed by atoms with E-state index in [0.29, 0.717) is 18.0 Å². The number of hydrogen-bond donors (Lipinski definition) is 2. The minimum Gasteiger partial charge on any atom is -0.357 e. The van der Waals surface area contributed by atoms with Crippen LogP contribution < -0.4 is 5.32 Å². The van der Waals surface area contributed by atoms with Gasteiger partial charge in [-0.2, -0.15) is 0 Å². The van der Waals surface area contributed by atoms with Gasteiger partial charge in [-0.15, -0.1) is 0 Å². The lowest BCUT2D eigenvalue weighted by molar-refractivity contribution is 0.275. The molecular formula is C27H28N2. The molecule has 0 amide bonds. The lowest BCUT2D eigenvalue weighted by atomic mass is 9.74. The van der Waals surface area contributed by atoms with Crippen molar-refractivity contribution in [2.45, 2.75) is 57.0 Å². The predicted molar refractivity (Wildman–Crippen MR) is 122 cm³/mol. The van der Waals surface area contributed by atoms with Crippen LogP contribution in [0.1, 0.15) is 60.0 Å². The number of aromatic amines is 1. The summed E-state index contributed by atoms with van der Waals surface area (Å²) in [5.74, 6) is 0.651. The summed E-state index contributed by atoms with van der Waals surface area (Å²) < 4.78 is 0. The minimum absolute atomic E-state index is 0.350. The number of hydrogen-bond acceptors (Lipinski definition) is 1. The van der Waals surface area contributed by atoms with Crippen LogP contribution >= 0.6 is 0 Å². The van der Waals surface area contributed by atoms with E-state index >= 15 is 0 Å². The maximum absolute atomic E-state index is 4.07. The third-order valence-corrected chi connectivity index (χ3v) is 7.23. The highest BCUT2D eigenvalue weighted by atomic mass is 15.0. The molecule has 2 nitrogen and oxygen atoms in total. The molecule has 4 aromatic rings. The summed E-state index contributed by atoms with van der Waals surface area (Å²) in [5.41, 5.74) is 7.14. The van der Waals surface area contributed by atoms with E-state index in [0.717, 1.165) is 6.42 Å². The van der Waals surface area contributed by atoms with Gasteiger partial charge in [-0.3, -0.25) is 0 Å². The molecule has 0 spiro atoms. The van der Waals surface area contributed by atoms with Gasteiger partial charge in [-0.1, -0.05) is 66.9 Å². The topological polar surface area (TPSA) is 27.8 Å². The summed E-state index contributed by atoms with van der Waals surface area (Å²) in [5, 5.41) is 8.25. The fourth-order valence-electron chi connectivity index (χ4n) is 5.89. The van der Waals surface area contributed by atoms with Gasteiger partial charge in [0.25, 0.3) is 0 Å². The zero-order valence-corrected chi connectivity index (χ0v) is 17.0. The van der Waals surface area contributed by atoms with Crippen molar-refractivity contribution in [1.29, 1.82) is 0 Å². The maximum Gasteiger partial charge on any atom is 0.0519 e. The van der Waals surface area contributed by atoms with E-state index in [1.54, 1.807) is 5.56 Å². The van der Waals surface area contributed by atoms with Crippen molar-refractivity contribution in [1.82, 2.24) is 10.3 Å². The molecule has 3 unspecified atom stereocenters. The molecule has 2 aliphatic rings. The summed E-state index contributed by atoms with van der Waals surface area (Å²) in [4.78, 5) is 3.83. The first-order chi connectivity index (χ1) is 14.3. The monoisotopic (exact) mass is 380 g/mol. The number of nitrogens with one attached hydrogen (secondary N) is 2. The van der Waals surface area contributed by atoms with Crippen molar-refractivity contribution >= 4 is 21.7 Å². The zero-order chi connectivity index (χ0) is 19.4. The second-order valence-corrected chi connectivity index (χ2v) is 9.06. The summed E-state index contributed by atoms with van der Waals surface area (Å²) in [7, 11) is 0. The Kier molecular flexibility index (Phi) is 4.02. The summed E-state index contributed by atoms with van der Waals surface area (Å²) >= 11 is 0. The molecule has 2 heteroatoms. The van der Waals surface area contributed by atoms with E-state index in [9.17, 15) is 0 Å². The molecule has 1 aliphatic carbocycles. The van der Waals surface area contributed by atoms with Crippen LogP contribution in [-0.4, -0.2) is 11.0 Å². The Morgan fingerprint density at radius 3 is 2.72 bits per heavy atom. The molecule has 29 heavy (non-hydrogen) atoms. The van der Waals surface area contributed by atoms with Crippen molar-refractivity contribution < 1.29 is 0 Å². The third-order valence-electron chi connectivity index (χ3n) is 7.23. The van der Waals surface area contributed by atoms with Crippen LogP contribution in [0.3, 0.4) is 0 Å². The Balaban J connectivity index is 1.49. The molecule has 1 fully saturated rings. The standard InChI is InChI=1S/C27H28N2/c1-17-13-14-24-22(15-17)26-21-11-4-5-12-23(21)28-25(27(26)29-24)16-19-9-6-8-18-7-2-3-10-20(18)19/h2-3,6-10,13-15,21,23,25,28-29H,4-5,11-12,16H2,1H3. The molecule has 3 aromatic carbocycles. The van der Waals surface area contributed by atoms with Gasteiger partial charge in [0.15, 0.2) is 0 Å². The quantitative estimate of drug-likeness (QED) is 0.406. The number of aromatic nitrogens is 1. The number of benzene rings is 3. The van der Waals surface area contributed by atoms with Crippen molar-refractivity contribution in [2.75, 3.05) is 0 Å². The maximum atomic E-state index is 4.07. The molecule has 1 saturated carbocycles. The van der Waals surface area contributed by atoms with Gasteiger partial charge >= 0.3 is 0 Å². The molecule has 0 saturated heterocycles. The van der Waals surface area contributed by atoms with Crippen LogP contribution in [0.15, 0.2) is 60.7 Å². The van der Waals surface area contributed by atoms with E-state index in [4.69, 9.17) is 0 Å².